The predicted molar refractivity (Wildman–Crippen MR) is 121 cm³/mol. The van der Waals surface area contributed by atoms with E-state index in [0.717, 1.165) is 64.5 Å². The van der Waals surface area contributed by atoms with Crippen molar-refractivity contribution in [3.63, 3.8) is 0 Å². The molecule has 30 heavy (non-hydrogen) atoms. The zero-order chi connectivity index (χ0) is 20.8. The minimum atomic E-state index is -0.195. The van der Waals surface area contributed by atoms with Gasteiger partial charge >= 0.3 is 0 Å². The lowest BCUT2D eigenvalue weighted by atomic mass is 10.1. The van der Waals surface area contributed by atoms with Gasteiger partial charge in [-0.1, -0.05) is 30.3 Å². The van der Waals surface area contributed by atoms with Crippen LogP contribution in [0.25, 0.3) is 0 Å². The highest BCUT2D eigenvalue weighted by Crippen LogP contribution is 2.18. The van der Waals surface area contributed by atoms with Crippen molar-refractivity contribution >= 4 is 11.6 Å². The second-order valence-corrected chi connectivity index (χ2v) is 8.34. The number of nitrogens with zero attached hydrogens (tertiary/aromatic N) is 4. The van der Waals surface area contributed by atoms with Crippen LogP contribution in [0.4, 0.5) is 10.1 Å². The number of likely N-dealkylation sites (tertiary alicyclic amines) is 1. The Morgan fingerprint density at radius 1 is 0.967 bits per heavy atom. The van der Waals surface area contributed by atoms with Crippen LogP contribution in [0.15, 0.2) is 59.6 Å². The third-order valence-electron chi connectivity index (χ3n) is 6.24. The van der Waals surface area contributed by atoms with Crippen LogP contribution in [-0.4, -0.2) is 68.1 Å². The van der Waals surface area contributed by atoms with Crippen molar-refractivity contribution in [1.29, 1.82) is 0 Å². The zero-order valence-corrected chi connectivity index (χ0v) is 17.6. The first-order valence-electron chi connectivity index (χ1n) is 11.0. The SMILES string of the molecule is NC(=NCC1CCN(CCc2ccccc2)C1)N1CCN(c2ccc(F)cc2)CC1. The predicted octanol–water partition coefficient (Wildman–Crippen LogP) is 2.83. The second kappa shape index (κ2) is 9.94. The number of guanidine groups is 1. The van der Waals surface area contributed by atoms with Gasteiger partial charge in [-0.2, -0.15) is 0 Å². The van der Waals surface area contributed by atoms with Gasteiger partial charge in [0.2, 0.25) is 0 Å². The summed E-state index contributed by atoms with van der Waals surface area (Å²) in [6.07, 6.45) is 2.31. The third-order valence-corrected chi connectivity index (χ3v) is 6.24. The van der Waals surface area contributed by atoms with Gasteiger partial charge in [0.05, 0.1) is 0 Å². The Hall–Kier alpha value is -2.60. The number of nitrogens with two attached hydrogens (primary N) is 1. The van der Waals surface area contributed by atoms with Gasteiger partial charge in [0.25, 0.3) is 0 Å². The van der Waals surface area contributed by atoms with Crippen LogP contribution >= 0.6 is 0 Å². The van der Waals surface area contributed by atoms with E-state index in [9.17, 15) is 4.39 Å². The van der Waals surface area contributed by atoms with Crippen molar-refractivity contribution < 1.29 is 4.39 Å². The van der Waals surface area contributed by atoms with E-state index in [0.29, 0.717) is 11.9 Å². The summed E-state index contributed by atoms with van der Waals surface area (Å²) in [5, 5.41) is 0. The van der Waals surface area contributed by atoms with Gasteiger partial charge in [0.15, 0.2) is 5.96 Å². The van der Waals surface area contributed by atoms with Gasteiger partial charge < -0.3 is 20.4 Å². The number of halogens is 1. The molecule has 160 valence electrons. The molecule has 5 nitrogen and oxygen atoms in total. The number of rotatable bonds is 6. The van der Waals surface area contributed by atoms with Crippen LogP contribution in [0, 0.1) is 11.7 Å². The molecule has 1 atom stereocenters. The molecule has 0 bridgehead atoms. The average Bonchev–Trinajstić information content (AvgIpc) is 3.25. The summed E-state index contributed by atoms with van der Waals surface area (Å²) < 4.78 is 13.1. The lowest BCUT2D eigenvalue weighted by molar-refractivity contribution is 0.329. The zero-order valence-electron chi connectivity index (χ0n) is 17.6. The van der Waals surface area contributed by atoms with Gasteiger partial charge in [-0.15, -0.1) is 0 Å². The Labute approximate surface area is 179 Å². The molecule has 2 saturated heterocycles. The molecule has 0 aliphatic carbocycles. The Bertz CT molecular complexity index is 815. The lowest BCUT2D eigenvalue weighted by Gasteiger charge is -2.36. The maximum atomic E-state index is 13.1. The summed E-state index contributed by atoms with van der Waals surface area (Å²) in [6, 6.07) is 17.4. The normalized spacial score (nSPS) is 20.7. The molecule has 0 saturated carbocycles. The Kier molecular flexibility index (Phi) is 6.84. The number of benzene rings is 2. The first-order valence-corrected chi connectivity index (χ1v) is 11.0. The third kappa shape index (κ3) is 5.51. The highest BCUT2D eigenvalue weighted by Gasteiger charge is 2.23. The Morgan fingerprint density at radius 3 is 2.43 bits per heavy atom. The number of aliphatic imine (C=N–C) groups is 1. The Morgan fingerprint density at radius 2 is 1.70 bits per heavy atom. The van der Waals surface area contributed by atoms with Crippen molar-refractivity contribution in [2.24, 2.45) is 16.6 Å². The second-order valence-electron chi connectivity index (χ2n) is 8.34. The lowest BCUT2D eigenvalue weighted by Crippen LogP contribution is -2.51. The molecule has 2 aromatic rings. The maximum Gasteiger partial charge on any atom is 0.191 e. The largest absolute Gasteiger partial charge is 0.370 e. The fraction of sp³-hybridized carbons (Fsp3) is 0.458. The van der Waals surface area contributed by atoms with E-state index in [1.807, 2.05) is 12.1 Å². The number of hydrogen-bond acceptors (Lipinski definition) is 3. The average molecular weight is 410 g/mol. The molecule has 1 unspecified atom stereocenters. The fourth-order valence-corrected chi connectivity index (χ4v) is 4.37. The van der Waals surface area contributed by atoms with E-state index < -0.39 is 0 Å². The minimum Gasteiger partial charge on any atom is -0.370 e. The molecular weight excluding hydrogens is 377 g/mol. The van der Waals surface area contributed by atoms with Crippen LogP contribution in [0.2, 0.25) is 0 Å². The molecule has 2 aliphatic rings. The fourth-order valence-electron chi connectivity index (χ4n) is 4.37. The van der Waals surface area contributed by atoms with E-state index in [2.05, 4.69) is 45.0 Å². The number of anilines is 1. The van der Waals surface area contributed by atoms with E-state index in [1.165, 1.54) is 24.1 Å². The molecule has 2 heterocycles. The molecule has 2 fully saturated rings. The van der Waals surface area contributed by atoms with Gasteiger partial charge in [0, 0.05) is 51.5 Å². The van der Waals surface area contributed by atoms with E-state index >= 15 is 0 Å². The van der Waals surface area contributed by atoms with E-state index in [-0.39, 0.29) is 5.82 Å². The van der Waals surface area contributed by atoms with Crippen LogP contribution in [-0.2, 0) is 6.42 Å². The topological polar surface area (TPSA) is 48.1 Å². The summed E-state index contributed by atoms with van der Waals surface area (Å²) in [4.78, 5) is 11.7. The molecule has 2 aromatic carbocycles. The molecule has 0 amide bonds. The number of hydrogen-bond donors (Lipinski definition) is 1. The van der Waals surface area contributed by atoms with Crippen molar-refractivity contribution in [2.75, 3.05) is 57.3 Å². The van der Waals surface area contributed by atoms with Crippen molar-refractivity contribution in [1.82, 2.24) is 9.80 Å². The summed E-state index contributed by atoms with van der Waals surface area (Å²) in [6.45, 7) is 7.64. The van der Waals surface area contributed by atoms with Crippen LogP contribution in [0.5, 0.6) is 0 Å². The quantitative estimate of drug-likeness (QED) is 0.589. The summed E-state index contributed by atoms with van der Waals surface area (Å²) in [7, 11) is 0. The monoisotopic (exact) mass is 409 g/mol. The molecule has 6 heteroatoms. The van der Waals surface area contributed by atoms with Crippen LogP contribution in [0.3, 0.4) is 0 Å². The summed E-state index contributed by atoms with van der Waals surface area (Å²) in [5.41, 5.74) is 8.76. The summed E-state index contributed by atoms with van der Waals surface area (Å²) in [5.74, 6) is 1.07. The van der Waals surface area contributed by atoms with Gasteiger partial charge in [-0.25, -0.2) is 4.39 Å². The first kappa shape index (κ1) is 20.7. The van der Waals surface area contributed by atoms with Crippen molar-refractivity contribution in [3.8, 4) is 0 Å². The van der Waals surface area contributed by atoms with Crippen LogP contribution in [0.1, 0.15) is 12.0 Å². The molecule has 2 N–H and O–H groups in total. The molecular formula is C24H32FN5. The standard InChI is InChI=1S/C24H32FN5/c25-22-6-8-23(9-7-22)29-14-16-30(17-15-29)24(26)27-18-21-11-13-28(19-21)12-10-20-4-2-1-3-5-20/h1-9,21H,10-19H2,(H2,26,27). The highest BCUT2D eigenvalue weighted by atomic mass is 19.1. The maximum absolute atomic E-state index is 13.1. The Balaban J connectivity index is 1.19. The molecule has 4 rings (SSSR count). The van der Waals surface area contributed by atoms with Gasteiger partial charge in [-0.05, 0) is 55.1 Å². The van der Waals surface area contributed by atoms with Crippen LogP contribution < -0.4 is 10.6 Å². The van der Waals surface area contributed by atoms with E-state index in [1.54, 1.807) is 0 Å². The van der Waals surface area contributed by atoms with Gasteiger partial charge in [0.1, 0.15) is 5.82 Å². The molecule has 0 radical (unpaired) electrons. The smallest absolute Gasteiger partial charge is 0.191 e. The van der Waals surface area contributed by atoms with Gasteiger partial charge in [-0.3, -0.25) is 4.99 Å². The summed E-state index contributed by atoms with van der Waals surface area (Å²) >= 11 is 0. The minimum absolute atomic E-state index is 0.195. The van der Waals surface area contributed by atoms with Crippen molar-refractivity contribution in [3.05, 3.63) is 66.0 Å². The van der Waals surface area contributed by atoms with Crippen molar-refractivity contribution in [2.45, 2.75) is 12.8 Å². The highest BCUT2D eigenvalue weighted by molar-refractivity contribution is 5.78. The number of piperazine rings is 1. The first-order chi connectivity index (χ1) is 14.7. The van der Waals surface area contributed by atoms with E-state index in [4.69, 9.17) is 10.7 Å². The molecule has 0 spiro atoms. The molecule has 0 aromatic heterocycles. The molecule has 2 aliphatic heterocycles.